The Labute approximate surface area is 155 Å². The van der Waals surface area contributed by atoms with Crippen molar-refractivity contribution in [3.05, 3.63) is 12.2 Å². The fourth-order valence-corrected chi connectivity index (χ4v) is 3.21. The SMILES string of the molecule is CC(C)NC(=O)N[C@H]1C=C[C@H](CC(=O)NCCN2CCCC2)O[C@H]1CO. The van der Waals surface area contributed by atoms with Gasteiger partial charge in [0.05, 0.1) is 25.2 Å². The Balaban J connectivity index is 1.73. The third kappa shape index (κ3) is 6.93. The number of hydrogen-bond donors (Lipinski definition) is 4. The molecule has 0 spiro atoms. The average Bonchev–Trinajstić information content (AvgIpc) is 3.08. The van der Waals surface area contributed by atoms with Gasteiger partial charge in [0.25, 0.3) is 0 Å². The maximum absolute atomic E-state index is 12.1. The number of aliphatic hydroxyl groups excluding tert-OH is 1. The van der Waals surface area contributed by atoms with Crippen LogP contribution in [0.4, 0.5) is 4.79 Å². The Kier molecular flexibility index (Phi) is 8.34. The number of nitrogens with zero attached hydrogens (tertiary/aromatic N) is 1. The van der Waals surface area contributed by atoms with Crippen LogP contribution >= 0.6 is 0 Å². The van der Waals surface area contributed by atoms with Crippen LogP contribution in [-0.4, -0.2) is 79.0 Å². The molecule has 2 aliphatic rings. The number of rotatable bonds is 8. The van der Waals surface area contributed by atoms with Crippen LogP contribution in [0.5, 0.6) is 0 Å². The largest absolute Gasteiger partial charge is 0.394 e. The molecule has 8 heteroatoms. The predicted octanol–water partition coefficient (Wildman–Crippen LogP) is -0.0194. The lowest BCUT2D eigenvalue weighted by molar-refractivity contribution is -0.125. The summed E-state index contributed by atoms with van der Waals surface area (Å²) in [4.78, 5) is 26.2. The number of likely N-dealkylation sites (tertiary alicyclic amines) is 1. The van der Waals surface area contributed by atoms with E-state index < -0.39 is 18.2 Å². The van der Waals surface area contributed by atoms with Gasteiger partial charge >= 0.3 is 6.03 Å². The standard InChI is InChI=1S/C18H32N4O4/c1-13(2)20-18(25)21-15-6-5-14(26-16(15)12-23)11-17(24)19-7-10-22-8-3-4-9-22/h5-6,13-16,23H,3-4,7-12H2,1-2H3,(H,19,24)(H2,20,21,25)/t14-,15+,16+/m1/s1. The van der Waals surface area contributed by atoms with Gasteiger partial charge in [0.2, 0.25) is 5.91 Å². The summed E-state index contributed by atoms with van der Waals surface area (Å²) in [6.07, 6.45) is 5.27. The predicted molar refractivity (Wildman–Crippen MR) is 98.8 cm³/mol. The lowest BCUT2D eigenvalue weighted by Crippen LogP contribution is -2.52. The number of hydrogen-bond acceptors (Lipinski definition) is 5. The van der Waals surface area contributed by atoms with E-state index in [1.54, 1.807) is 12.2 Å². The molecule has 1 saturated heterocycles. The Morgan fingerprint density at radius 1 is 1.27 bits per heavy atom. The molecular formula is C18H32N4O4. The molecule has 2 aliphatic heterocycles. The van der Waals surface area contributed by atoms with E-state index in [1.165, 1.54) is 12.8 Å². The molecule has 0 aromatic carbocycles. The highest BCUT2D eigenvalue weighted by Gasteiger charge is 2.29. The zero-order valence-corrected chi connectivity index (χ0v) is 15.7. The number of ether oxygens (including phenoxy) is 1. The van der Waals surface area contributed by atoms with E-state index in [9.17, 15) is 14.7 Å². The topological polar surface area (TPSA) is 103 Å². The van der Waals surface area contributed by atoms with Crippen molar-refractivity contribution in [1.82, 2.24) is 20.9 Å². The highest BCUT2D eigenvalue weighted by Crippen LogP contribution is 2.15. The molecule has 2 rings (SSSR count). The van der Waals surface area contributed by atoms with Crippen molar-refractivity contribution in [2.75, 3.05) is 32.8 Å². The molecule has 0 unspecified atom stereocenters. The van der Waals surface area contributed by atoms with Crippen molar-refractivity contribution >= 4 is 11.9 Å². The minimum atomic E-state index is -0.569. The number of aliphatic hydroxyl groups is 1. The van der Waals surface area contributed by atoms with Gasteiger partial charge in [-0.3, -0.25) is 4.79 Å². The molecule has 0 aromatic heterocycles. The van der Waals surface area contributed by atoms with Crippen LogP contribution in [0.3, 0.4) is 0 Å². The highest BCUT2D eigenvalue weighted by molar-refractivity contribution is 5.77. The first-order valence-electron chi connectivity index (χ1n) is 9.48. The van der Waals surface area contributed by atoms with Crippen molar-refractivity contribution in [3.8, 4) is 0 Å². The molecule has 8 nitrogen and oxygen atoms in total. The lowest BCUT2D eigenvalue weighted by Gasteiger charge is -2.31. The van der Waals surface area contributed by atoms with Crippen LogP contribution in [0.1, 0.15) is 33.1 Å². The molecular weight excluding hydrogens is 336 g/mol. The second kappa shape index (κ2) is 10.5. The maximum atomic E-state index is 12.1. The molecule has 1 fully saturated rings. The molecule has 3 atom stereocenters. The molecule has 0 saturated carbocycles. The van der Waals surface area contributed by atoms with Crippen molar-refractivity contribution in [2.24, 2.45) is 0 Å². The minimum Gasteiger partial charge on any atom is -0.394 e. The van der Waals surface area contributed by atoms with Gasteiger partial charge in [0.1, 0.15) is 6.10 Å². The van der Waals surface area contributed by atoms with Crippen LogP contribution in [-0.2, 0) is 9.53 Å². The van der Waals surface area contributed by atoms with E-state index in [4.69, 9.17) is 4.74 Å². The minimum absolute atomic E-state index is 0.0214. The molecule has 148 valence electrons. The van der Waals surface area contributed by atoms with Gasteiger partial charge in [-0.2, -0.15) is 0 Å². The quantitative estimate of drug-likeness (QED) is 0.451. The monoisotopic (exact) mass is 368 g/mol. The molecule has 26 heavy (non-hydrogen) atoms. The van der Waals surface area contributed by atoms with Crippen LogP contribution in [0.15, 0.2) is 12.2 Å². The van der Waals surface area contributed by atoms with Crippen LogP contribution in [0, 0.1) is 0 Å². The van der Waals surface area contributed by atoms with Crippen molar-refractivity contribution in [3.63, 3.8) is 0 Å². The fraction of sp³-hybridized carbons (Fsp3) is 0.778. The number of urea groups is 1. The zero-order valence-electron chi connectivity index (χ0n) is 15.7. The van der Waals surface area contributed by atoms with E-state index in [0.717, 1.165) is 19.6 Å². The first-order chi connectivity index (χ1) is 12.5. The van der Waals surface area contributed by atoms with E-state index >= 15 is 0 Å². The summed E-state index contributed by atoms with van der Waals surface area (Å²) < 4.78 is 5.75. The second-order valence-corrected chi connectivity index (χ2v) is 7.18. The first kappa shape index (κ1) is 20.7. The van der Waals surface area contributed by atoms with Crippen molar-refractivity contribution in [2.45, 2.75) is 57.4 Å². The summed E-state index contributed by atoms with van der Waals surface area (Å²) in [6.45, 7) is 7.25. The van der Waals surface area contributed by atoms with E-state index in [0.29, 0.717) is 6.54 Å². The summed E-state index contributed by atoms with van der Waals surface area (Å²) in [7, 11) is 0. The molecule has 4 N–H and O–H groups in total. The van der Waals surface area contributed by atoms with Gasteiger partial charge in [-0.05, 0) is 39.8 Å². The number of nitrogens with one attached hydrogen (secondary N) is 3. The van der Waals surface area contributed by atoms with Crippen LogP contribution in [0.25, 0.3) is 0 Å². The van der Waals surface area contributed by atoms with Crippen molar-refractivity contribution in [1.29, 1.82) is 0 Å². The van der Waals surface area contributed by atoms with Crippen LogP contribution < -0.4 is 16.0 Å². The zero-order chi connectivity index (χ0) is 18.9. The Hall–Kier alpha value is -1.64. The van der Waals surface area contributed by atoms with Gasteiger partial charge in [0.15, 0.2) is 0 Å². The maximum Gasteiger partial charge on any atom is 0.315 e. The normalized spacial score (nSPS) is 26.1. The van der Waals surface area contributed by atoms with Gasteiger partial charge < -0.3 is 30.7 Å². The molecule has 3 amide bonds. The molecule has 2 heterocycles. The number of carbonyl (C=O) groups is 2. The molecule has 0 aromatic rings. The summed E-state index contributed by atoms with van der Waals surface area (Å²) in [5.74, 6) is -0.0699. The van der Waals surface area contributed by atoms with E-state index in [1.807, 2.05) is 13.8 Å². The summed E-state index contributed by atoms with van der Waals surface area (Å²) in [6, 6.07) is -0.712. The average molecular weight is 368 g/mol. The molecule has 0 radical (unpaired) electrons. The smallest absolute Gasteiger partial charge is 0.315 e. The summed E-state index contributed by atoms with van der Waals surface area (Å²) in [5.41, 5.74) is 0. The van der Waals surface area contributed by atoms with E-state index in [-0.39, 0.29) is 31.0 Å². The first-order valence-corrected chi connectivity index (χ1v) is 9.48. The molecule has 0 bridgehead atoms. The Morgan fingerprint density at radius 3 is 2.65 bits per heavy atom. The van der Waals surface area contributed by atoms with Gasteiger partial charge in [-0.25, -0.2) is 4.79 Å². The van der Waals surface area contributed by atoms with E-state index in [2.05, 4.69) is 20.9 Å². The summed E-state index contributed by atoms with van der Waals surface area (Å²) >= 11 is 0. The van der Waals surface area contributed by atoms with Gasteiger partial charge in [-0.15, -0.1) is 0 Å². The second-order valence-electron chi connectivity index (χ2n) is 7.18. The summed E-state index contributed by atoms with van der Waals surface area (Å²) in [5, 5.41) is 17.9. The third-order valence-corrected chi connectivity index (χ3v) is 4.52. The van der Waals surface area contributed by atoms with Gasteiger partial charge in [-0.1, -0.05) is 12.2 Å². The Bertz CT molecular complexity index is 492. The van der Waals surface area contributed by atoms with Gasteiger partial charge in [0, 0.05) is 19.1 Å². The van der Waals surface area contributed by atoms with Crippen molar-refractivity contribution < 1.29 is 19.4 Å². The third-order valence-electron chi connectivity index (χ3n) is 4.52. The van der Waals surface area contributed by atoms with Crippen LogP contribution in [0.2, 0.25) is 0 Å². The Morgan fingerprint density at radius 2 is 2.00 bits per heavy atom. The number of carbonyl (C=O) groups excluding carboxylic acids is 2. The number of amides is 3. The lowest BCUT2D eigenvalue weighted by atomic mass is 10.0. The highest BCUT2D eigenvalue weighted by atomic mass is 16.5. The molecule has 0 aliphatic carbocycles. The fourth-order valence-electron chi connectivity index (χ4n) is 3.21.